The summed E-state index contributed by atoms with van der Waals surface area (Å²) in [5.74, 6) is 1.61. The Morgan fingerprint density at radius 2 is 2.20 bits per heavy atom. The number of carbonyl (C=O) groups is 1. The van der Waals surface area contributed by atoms with Crippen molar-refractivity contribution < 1.29 is 13.8 Å². The van der Waals surface area contributed by atoms with Crippen LogP contribution in [0.5, 0.6) is 0 Å². The molecule has 2 aromatic heterocycles. The number of nitrogens with zero attached hydrogens (tertiary/aromatic N) is 4. The second-order valence-electron chi connectivity index (χ2n) is 5.31. The van der Waals surface area contributed by atoms with Crippen molar-refractivity contribution in [2.24, 2.45) is 0 Å². The standard InChI is InChI=1S/C13H14N4O3/c18-13(9-5-7-19-15-9)17-6-1-2-10(17)11-14-12(20-16-11)8-3-4-8/h5,7-8,10H,1-4,6H2/t10-/m1/s1. The highest BCUT2D eigenvalue weighted by molar-refractivity contribution is 5.92. The van der Waals surface area contributed by atoms with E-state index in [1.54, 1.807) is 11.0 Å². The highest BCUT2D eigenvalue weighted by Gasteiger charge is 2.36. The van der Waals surface area contributed by atoms with Crippen LogP contribution in [0.3, 0.4) is 0 Å². The van der Waals surface area contributed by atoms with Crippen molar-refractivity contribution in [1.82, 2.24) is 20.2 Å². The van der Waals surface area contributed by atoms with E-state index in [1.165, 1.54) is 6.26 Å². The van der Waals surface area contributed by atoms with Crippen molar-refractivity contribution in [3.8, 4) is 0 Å². The second-order valence-corrected chi connectivity index (χ2v) is 5.31. The topological polar surface area (TPSA) is 85.3 Å². The van der Waals surface area contributed by atoms with Crippen LogP contribution < -0.4 is 0 Å². The van der Waals surface area contributed by atoms with E-state index in [0.717, 1.165) is 25.7 Å². The summed E-state index contributed by atoms with van der Waals surface area (Å²) in [5.41, 5.74) is 0.322. The first-order valence-electron chi connectivity index (χ1n) is 6.88. The lowest BCUT2D eigenvalue weighted by atomic mass is 10.2. The minimum atomic E-state index is -0.140. The second kappa shape index (κ2) is 4.43. The van der Waals surface area contributed by atoms with E-state index < -0.39 is 0 Å². The van der Waals surface area contributed by atoms with Gasteiger partial charge in [-0.3, -0.25) is 4.79 Å². The zero-order chi connectivity index (χ0) is 13.5. The minimum absolute atomic E-state index is 0.115. The quantitative estimate of drug-likeness (QED) is 0.849. The summed E-state index contributed by atoms with van der Waals surface area (Å²) in [4.78, 5) is 18.6. The van der Waals surface area contributed by atoms with Crippen LogP contribution in [0.15, 0.2) is 21.4 Å². The average Bonchev–Trinajstić information content (AvgIpc) is 2.97. The van der Waals surface area contributed by atoms with Crippen LogP contribution in [0.25, 0.3) is 0 Å². The summed E-state index contributed by atoms with van der Waals surface area (Å²) in [7, 11) is 0. The molecule has 1 aliphatic heterocycles. The van der Waals surface area contributed by atoms with Gasteiger partial charge in [0.05, 0.1) is 6.04 Å². The summed E-state index contributed by atoms with van der Waals surface area (Å²) >= 11 is 0. The SMILES string of the molecule is O=C(c1ccon1)N1CCC[C@@H]1c1noc(C2CC2)n1. The van der Waals surface area contributed by atoms with Crippen LogP contribution in [-0.2, 0) is 0 Å². The molecule has 2 aromatic rings. The molecule has 1 saturated carbocycles. The van der Waals surface area contributed by atoms with Gasteiger partial charge >= 0.3 is 0 Å². The molecule has 1 atom stereocenters. The average molecular weight is 274 g/mol. The molecule has 7 nitrogen and oxygen atoms in total. The molecule has 1 saturated heterocycles. The van der Waals surface area contributed by atoms with Crippen molar-refractivity contribution >= 4 is 5.91 Å². The summed E-state index contributed by atoms with van der Waals surface area (Å²) in [6.45, 7) is 0.684. The van der Waals surface area contributed by atoms with Gasteiger partial charge in [0.2, 0.25) is 5.89 Å². The molecule has 20 heavy (non-hydrogen) atoms. The van der Waals surface area contributed by atoms with Gasteiger partial charge in [-0.25, -0.2) is 0 Å². The lowest BCUT2D eigenvalue weighted by molar-refractivity contribution is 0.0718. The van der Waals surface area contributed by atoms with Gasteiger partial charge in [0.25, 0.3) is 5.91 Å². The third kappa shape index (κ3) is 1.90. The Labute approximate surface area is 114 Å². The van der Waals surface area contributed by atoms with Gasteiger partial charge in [-0.15, -0.1) is 0 Å². The molecular formula is C13H14N4O3. The first-order valence-corrected chi connectivity index (χ1v) is 6.88. The van der Waals surface area contributed by atoms with Crippen LogP contribution in [0.1, 0.15) is 59.8 Å². The number of rotatable bonds is 3. The Morgan fingerprint density at radius 3 is 2.95 bits per heavy atom. The fraction of sp³-hybridized carbons (Fsp3) is 0.538. The molecule has 0 spiro atoms. The lowest BCUT2D eigenvalue weighted by Gasteiger charge is -2.20. The molecule has 0 aromatic carbocycles. The van der Waals surface area contributed by atoms with E-state index in [4.69, 9.17) is 9.05 Å². The Morgan fingerprint density at radius 1 is 1.30 bits per heavy atom. The molecule has 104 valence electrons. The first kappa shape index (κ1) is 11.6. The first-order chi connectivity index (χ1) is 9.83. The summed E-state index contributed by atoms with van der Waals surface area (Å²) in [6.07, 6.45) is 5.43. The van der Waals surface area contributed by atoms with Crippen molar-refractivity contribution in [1.29, 1.82) is 0 Å². The number of likely N-dealkylation sites (tertiary alicyclic amines) is 1. The van der Waals surface area contributed by atoms with E-state index in [9.17, 15) is 4.79 Å². The maximum absolute atomic E-state index is 12.4. The van der Waals surface area contributed by atoms with Gasteiger partial charge in [-0.1, -0.05) is 10.3 Å². The molecule has 1 amide bonds. The molecule has 2 fully saturated rings. The maximum atomic E-state index is 12.4. The van der Waals surface area contributed by atoms with Crippen LogP contribution in [0, 0.1) is 0 Å². The lowest BCUT2D eigenvalue weighted by Crippen LogP contribution is -2.31. The van der Waals surface area contributed by atoms with Gasteiger partial charge in [0.15, 0.2) is 11.5 Å². The molecule has 4 rings (SSSR count). The highest BCUT2D eigenvalue weighted by atomic mass is 16.5. The molecule has 0 unspecified atom stereocenters. The Bertz CT molecular complexity index is 617. The van der Waals surface area contributed by atoms with Crippen LogP contribution in [0.2, 0.25) is 0 Å². The van der Waals surface area contributed by atoms with E-state index in [1.807, 2.05) is 0 Å². The van der Waals surface area contributed by atoms with Crippen LogP contribution in [-0.4, -0.2) is 32.6 Å². The maximum Gasteiger partial charge on any atom is 0.276 e. The van der Waals surface area contributed by atoms with Gasteiger partial charge in [0.1, 0.15) is 6.26 Å². The van der Waals surface area contributed by atoms with E-state index in [0.29, 0.717) is 29.9 Å². The zero-order valence-corrected chi connectivity index (χ0v) is 10.9. The third-order valence-corrected chi connectivity index (χ3v) is 3.85. The molecule has 0 radical (unpaired) electrons. The van der Waals surface area contributed by atoms with Crippen molar-refractivity contribution in [3.63, 3.8) is 0 Å². The molecule has 7 heteroatoms. The highest BCUT2D eigenvalue weighted by Crippen LogP contribution is 2.40. The minimum Gasteiger partial charge on any atom is -0.364 e. The number of hydrogen-bond acceptors (Lipinski definition) is 6. The Balaban J connectivity index is 1.58. The molecule has 3 heterocycles. The number of hydrogen-bond donors (Lipinski definition) is 0. The van der Waals surface area contributed by atoms with Crippen molar-refractivity contribution in [3.05, 3.63) is 29.7 Å². The predicted octanol–water partition coefficient (Wildman–Crippen LogP) is 1.91. The van der Waals surface area contributed by atoms with E-state index in [2.05, 4.69) is 15.3 Å². The third-order valence-electron chi connectivity index (χ3n) is 3.85. The van der Waals surface area contributed by atoms with E-state index in [-0.39, 0.29) is 11.9 Å². The number of aromatic nitrogens is 3. The number of amides is 1. The van der Waals surface area contributed by atoms with Gasteiger partial charge < -0.3 is 13.9 Å². The van der Waals surface area contributed by atoms with E-state index >= 15 is 0 Å². The summed E-state index contributed by atoms with van der Waals surface area (Å²) in [6, 6.07) is 1.46. The Hall–Kier alpha value is -2.18. The molecule has 0 N–H and O–H groups in total. The van der Waals surface area contributed by atoms with Crippen LogP contribution in [0.4, 0.5) is 0 Å². The molecule has 1 aliphatic carbocycles. The molecular weight excluding hydrogens is 260 g/mol. The van der Waals surface area contributed by atoms with Gasteiger partial charge in [-0.05, 0) is 25.7 Å². The largest absolute Gasteiger partial charge is 0.364 e. The van der Waals surface area contributed by atoms with Gasteiger partial charge in [0, 0.05) is 18.5 Å². The molecule has 2 aliphatic rings. The van der Waals surface area contributed by atoms with Crippen molar-refractivity contribution in [2.45, 2.75) is 37.6 Å². The summed E-state index contributed by atoms with van der Waals surface area (Å²) in [5, 5.41) is 7.75. The fourth-order valence-corrected chi connectivity index (χ4v) is 2.63. The zero-order valence-electron chi connectivity index (χ0n) is 10.9. The summed E-state index contributed by atoms with van der Waals surface area (Å²) < 4.78 is 10.0. The molecule has 0 bridgehead atoms. The normalized spacial score (nSPS) is 22.4. The fourth-order valence-electron chi connectivity index (χ4n) is 2.63. The van der Waals surface area contributed by atoms with Gasteiger partial charge in [-0.2, -0.15) is 4.98 Å². The monoisotopic (exact) mass is 274 g/mol. The Kier molecular flexibility index (Phi) is 2.58. The smallest absolute Gasteiger partial charge is 0.276 e. The number of carbonyl (C=O) groups excluding carboxylic acids is 1. The van der Waals surface area contributed by atoms with Crippen molar-refractivity contribution in [2.75, 3.05) is 6.54 Å². The predicted molar refractivity (Wildman–Crippen MR) is 65.8 cm³/mol. The van der Waals surface area contributed by atoms with Crippen LogP contribution >= 0.6 is 0 Å².